The van der Waals surface area contributed by atoms with Crippen molar-refractivity contribution in [3.8, 4) is 0 Å². The van der Waals surface area contributed by atoms with Crippen molar-refractivity contribution in [1.29, 1.82) is 0 Å². The molecular formula is C10H16N4O2. The molecule has 1 atom stereocenters. The smallest absolute Gasteiger partial charge is 0.323 e. The van der Waals surface area contributed by atoms with E-state index in [-0.39, 0.29) is 12.0 Å². The van der Waals surface area contributed by atoms with Crippen molar-refractivity contribution in [3.63, 3.8) is 0 Å². The summed E-state index contributed by atoms with van der Waals surface area (Å²) in [7, 11) is 3.29. The van der Waals surface area contributed by atoms with Crippen molar-refractivity contribution >= 4 is 5.97 Å². The molecule has 1 unspecified atom stereocenters. The summed E-state index contributed by atoms with van der Waals surface area (Å²) in [5.74, 6) is 1.04. The molecule has 1 aromatic heterocycles. The molecule has 0 radical (unpaired) electrons. The largest absolute Gasteiger partial charge is 0.468 e. The fourth-order valence-corrected chi connectivity index (χ4v) is 1.67. The first-order chi connectivity index (χ1) is 7.72. The predicted octanol–water partition coefficient (Wildman–Crippen LogP) is -0.144. The van der Waals surface area contributed by atoms with E-state index < -0.39 is 0 Å². The Kier molecular flexibility index (Phi) is 3.19. The standard InChI is InChI=1S/C10H16N4O2/c1-14-6-12-13-8(14)5-11-9(7-3-4-7)10(15)16-2/h6-7,9,11H,3-5H2,1-2H3. The zero-order valence-corrected chi connectivity index (χ0v) is 9.51. The van der Waals surface area contributed by atoms with Gasteiger partial charge in [0.1, 0.15) is 18.2 Å². The van der Waals surface area contributed by atoms with Crippen LogP contribution in [-0.4, -0.2) is 33.9 Å². The van der Waals surface area contributed by atoms with E-state index in [2.05, 4.69) is 15.5 Å². The molecule has 1 saturated carbocycles. The van der Waals surface area contributed by atoms with E-state index >= 15 is 0 Å². The minimum Gasteiger partial charge on any atom is -0.468 e. The van der Waals surface area contributed by atoms with Gasteiger partial charge in [-0.1, -0.05) is 0 Å². The second-order valence-corrected chi connectivity index (χ2v) is 4.08. The van der Waals surface area contributed by atoms with Gasteiger partial charge in [0.2, 0.25) is 0 Å². The molecule has 0 aliphatic heterocycles. The number of carbonyl (C=O) groups is 1. The van der Waals surface area contributed by atoms with Crippen LogP contribution in [-0.2, 0) is 23.1 Å². The minimum atomic E-state index is -0.207. The summed E-state index contributed by atoms with van der Waals surface area (Å²) in [5.41, 5.74) is 0. The van der Waals surface area contributed by atoms with E-state index in [1.165, 1.54) is 7.11 Å². The number of methoxy groups -OCH3 is 1. The van der Waals surface area contributed by atoms with Gasteiger partial charge in [0, 0.05) is 7.05 Å². The Hall–Kier alpha value is -1.43. The molecule has 88 valence electrons. The molecule has 6 heteroatoms. The van der Waals surface area contributed by atoms with Crippen molar-refractivity contribution in [2.45, 2.75) is 25.4 Å². The monoisotopic (exact) mass is 224 g/mol. The van der Waals surface area contributed by atoms with Crippen LogP contribution in [0.4, 0.5) is 0 Å². The topological polar surface area (TPSA) is 69.0 Å². The summed E-state index contributed by atoms with van der Waals surface area (Å²) in [6.45, 7) is 0.534. The second-order valence-electron chi connectivity index (χ2n) is 4.08. The molecule has 0 bridgehead atoms. The fraction of sp³-hybridized carbons (Fsp3) is 0.700. The van der Waals surface area contributed by atoms with Gasteiger partial charge in [-0.2, -0.15) is 0 Å². The van der Waals surface area contributed by atoms with Gasteiger partial charge in [0.05, 0.1) is 13.7 Å². The number of hydrogen-bond acceptors (Lipinski definition) is 5. The van der Waals surface area contributed by atoms with Crippen LogP contribution in [0.25, 0.3) is 0 Å². The maximum absolute atomic E-state index is 11.5. The molecule has 0 spiro atoms. The molecule has 16 heavy (non-hydrogen) atoms. The predicted molar refractivity (Wildman–Crippen MR) is 56.4 cm³/mol. The quantitative estimate of drug-likeness (QED) is 0.705. The zero-order chi connectivity index (χ0) is 11.5. The first kappa shape index (κ1) is 11.1. The van der Waals surface area contributed by atoms with Crippen molar-refractivity contribution in [2.24, 2.45) is 13.0 Å². The number of aryl methyl sites for hydroxylation is 1. The van der Waals surface area contributed by atoms with Crippen molar-refractivity contribution < 1.29 is 9.53 Å². The molecule has 1 heterocycles. The summed E-state index contributed by atoms with van der Waals surface area (Å²) in [5, 5.41) is 10.9. The maximum Gasteiger partial charge on any atom is 0.323 e. The summed E-state index contributed by atoms with van der Waals surface area (Å²) < 4.78 is 6.60. The highest BCUT2D eigenvalue weighted by atomic mass is 16.5. The van der Waals surface area contributed by atoms with Gasteiger partial charge in [-0.3, -0.25) is 10.1 Å². The molecule has 0 amide bonds. The van der Waals surface area contributed by atoms with E-state index in [0.29, 0.717) is 12.5 Å². The third kappa shape index (κ3) is 2.38. The molecule has 0 saturated heterocycles. The highest BCUT2D eigenvalue weighted by Gasteiger charge is 2.36. The lowest BCUT2D eigenvalue weighted by Gasteiger charge is -2.14. The third-order valence-corrected chi connectivity index (χ3v) is 2.83. The fourth-order valence-electron chi connectivity index (χ4n) is 1.67. The average Bonchev–Trinajstić information content (AvgIpc) is 3.03. The Morgan fingerprint density at radius 3 is 3.00 bits per heavy atom. The van der Waals surface area contributed by atoms with Gasteiger partial charge in [-0.25, -0.2) is 0 Å². The molecule has 1 aliphatic rings. The molecule has 0 aromatic carbocycles. The molecular weight excluding hydrogens is 208 g/mol. The van der Waals surface area contributed by atoms with E-state index in [0.717, 1.165) is 18.7 Å². The Labute approximate surface area is 94.0 Å². The highest BCUT2D eigenvalue weighted by Crippen LogP contribution is 2.33. The van der Waals surface area contributed by atoms with Crippen LogP contribution in [0.2, 0.25) is 0 Å². The number of rotatable bonds is 5. The number of hydrogen-bond donors (Lipinski definition) is 1. The van der Waals surface area contributed by atoms with Gasteiger partial charge in [-0.15, -0.1) is 10.2 Å². The zero-order valence-electron chi connectivity index (χ0n) is 9.51. The third-order valence-electron chi connectivity index (χ3n) is 2.83. The van der Waals surface area contributed by atoms with Crippen LogP contribution >= 0.6 is 0 Å². The van der Waals surface area contributed by atoms with Crippen LogP contribution in [0.1, 0.15) is 18.7 Å². The summed E-state index contributed by atoms with van der Waals surface area (Å²) in [6, 6.07) is -0.207. The number of ether oxygens (including phenoxy) is 1. The van der Waals surface area contributed by atoms with Crippen LogP contribution in [0.3, 0.4) is 0 Å². The van der Waals surface area contributed by atoms with Crippen molar-refractivity contribution in [1.82, 2.24) is 20.1 Å². The number of nitrogens with one attached hydrogen (secondary N) is 1. The van der Waals surface area contributed by atoms with E-state index in [4.69, 9.17) is 4.74 Å². The van der Waals surface area contributed by atoms with Gasteiger partial charge in [0.15, 0.2) is 0 Å². The SMILES string of the molecule is COC(=O)C(NCc1nncn1C)C1CC1. The van der Waals surface area contributed by atoms with Crippen LogP contribution in [0.5, 0.6) is 0 Å². The number of carbonyl (C=O) groups excluding carboxylic acids is 1. The summed E-state index contributed by atoms with van der Waals surface area (Å²) >= 11 is 0. The molecule has 2 rings (SSSR count). The second kappa shape index (κ2) is 4.61. The van der Waals surface area contributed by atoms with Gasteiger partial charge < -0.3 is 9.30 Å². The molecule has 6 nitrogen and oxygen atoms in total. The first-order valence-corrected chi connectivity index (χ1v) is 5.36. The van der Waals surface area contributed by atoms with Crippen LogP contribution in [0.15, 0.2) is 6.33 Å². The molecule has 1 fully saturated rings. The summed E-state index contributed by atoms with van der Waals surface area (Å²) in [6.07, 6.45) is 3.82. The van der Waals surface area contributed by atoms with E-state index in [1.54, 1.807) is 6.33 Å². The number of esters is 1. The van der Waals surface area contributed by atoms with E-state index in [9.17, 15) is 4.79 Å². The lowest BCUT2D eigenvalue weighted by atomic mass is 10.2. The average molecular weight is 224 g/mol. The van der Waals surface area contributed by atoms with Gasteiger partial charge >= 0.3 is 5.97 Å². The maximum atomic E-state index is 11.5. The highest BCUT2D eigenvalue weighted by molar-refractivity contribution is 5.76. The lowest BCUT2D eigenvalue weighted by molar-refractivity contribution is -0.143. The van der Waals surface area contributed by atoms with Crippen LogP contribution < -0.4 is 5.32 Å². The Morgan fingerprint density at radius 2 is 2.50 bits per heavy atom. The van der Waals surface area contributed by atoms with Crippen molar-refractivity contribution in [3.05, 3.63) is 12.2 Å². The van der Waals surface area contributed by atoms with Gasteiger partial charge in [0.25, 0.3) is 0 Å². The van der Waals surface area contributed by atoms with E-state index in [1.807, 2.05) is 11.6 Å². The first-order valence-electron chi connectivity index (χ1n) is 5.36. The number of nitrogens with zero attached hydrogens (tertiary/aromatic N) is 3. The normalized spacial score (nSPS) is 17.1. The molecule has 1 N–H and O–H groups in total. The molecule has 1 aliphatic carbocycles. The minimum absolute atomic E-state index is 0.190. The van der Waals surface area contributed by atoms with Crippen LogP contribution in [0, 0.1) is 5.92 Å². The number of aromatic nitrogens is 3. The summed E-state index contributed by atoms with van der Waals surface area (Å²) in [4.78, 5) is 11.5. The molecule has 1 aromatic rings. The Bertz CT molecular complexity index is 373. The van der Waals surface area contributed by atoms with Crippen molar-refractivity contribution in [2.75, 3.05) is 7.11 Å². The Balaban J connectivity index is 1.91. The Morgan fingerprint density at radius 1 is 1.75 bits per heavy atom. The lowest BCUT2D eigenvalue weighted by Crippen LogP contribution is -2.39. The van der Waals surface area contributed by atoms with Gasteiger partial charge in [-0.05, 0) is 18.8 Å².